The normalized spacial score (nSPS) is 10.3. The quantitative estimate of drug-likeness (QED) is 0.932. The molecule has 18 heavy (non-hydrogen) atoms. The Balaban J connectivity index is 1.90. The lowest BCUT2D eigenvalue weighted by Crippen LogP contribution is -2.26. The van der Waals surface area contributed by atoms with E-state index < -0.39 is 0 Å². The van der Waals surface area contributed by atoms with Gasteiger partial charge in [-0.25, -0.2) is 0 Å². The SMILES string of the molecule is Cn1cnnc1CCNC(=O)c1ccccc1Br. The maximum Gasteiger partial charge on any atom is 0.252 e. The van der Waals surface area contributed by atoms with Crippen molar-refractivity contribution in [1.82, 2.24) is 20.1 Å². The molecule has 2 aromatic rings. The van der Waals surface area contributed by atoms with E-state index in [0.29, 0.717) is 18.5 Å². The van der Waals surface area contributed by atoms with Gasteiger partial charge in [0, 0.05) is 24.5 Å². The summed E-state index contributed by atoms with van der Waals surface area (Å²) in [6.45, 7) is 0.534. The van der Waals surface area contributed by atoms with E-state index in [1.54, 1.807) is 12.4 Å². The average molecular weight is 309 g/mol. The zero-order chi connectivity index (χ0) is 13.0. The van der Waals surface area contributed by atoms with Gasteiger partial charge in [-0.1, -0.05) is 12.1 Å². The maximum atomic E-state index is 11.9. The highest BCUT2D eigenvalue weighted by Crippen LogP contribution is 2.15. The lowest BCUT2D eigenvalue weighted by atomic mass is 10.2. The van der Waals surface area contributed by atoms with Gasteiger partial charge in [0.25, 0.3) is 5.91 Å². The Bertz CT molecular complexity index is 553. The highest BCUT2D eigenvalue weighted by atomic mass is 79.9. The molecule has 5 nitrogen and oxygen atoms in total. The minimum atomic E-state index is -0.0929. The summed E-state index contributed by atoms with van der Waals surface area (Å²) in [5.41, 5.74) is 0.635. The molecule has 0 aliphatic carbocycles. The van der Waals surface area contributed by atoms with E-state index in [9.17, 15) is 4.79 Å². The van der Waals surface area contributed by atoms with Crippen LogP contribution >= 0.6 is 15.9 Å². The van der Waals surface area contributed by atoms with E-state index in [1.165, 1.54) is 0 Å². The molecule has 0 saturated carbocycles. The number of benzene rings is 1. The number of carbonyl (C=O) groups excluding carboxylic acids is 1. The number of amides is 1. The first-order valence-corrected chi connectivity index (χ1v) is 6.33. The van der Waals surface area contributed by atoms with E-state index in [-0.39, 0.29) is 5.91 Å². The van der Waals surface area contributed by atoms with Crippen molar-refractivity contribution in [3.8, 4) is 0 Å². The fourth-order valence-corrected chi connectivity index (χ4v) is 2.03. The molecule has 0 aliphatic rings. The minimum absolute atomic E-state index is 0.0929. The molecule has 0 fully saturated rings. The topological polar surface area (TPSA) is 59.8 Å². The van der Waals surface area contributed by atoms with E-state index in [2.05, 4.69) is 31.4 Å². The fraction of sp³-hybridized carbons (Fsp3) is 0.250. The van der Waals surface area contributed by atoms with E-state index in [0.717, 1.165) is 10.3 Å². The number of aryl methyl sites for hydroxylation is 1. The molecule has 0 saturated heterocycles. The van der Waals surface area contributed by atoms with Crippen LogP contribution in [0.1, 0.15) is 16.2 Å². The van der Waals surface area contributed by atoms with Crippen molar-refractivity contribution in [2.45, 2.75) is 6.42 Å². The lowest BCUT2D eigenvalue weighted by molar-refractivity contribution is 0.0953. The van der Waals surface area contributed by atoms with Gasteiger partial charge in [0.2, 0.25) is 0 Å². The van der Waals surface area contributed by atoms with Gasteiger partial charge in [-0.15, -0.1) is 10.2 Å². The summed E-state index contributed by atoms with van der Waals surface area (Å²) in [4.78, 5) is 11.9. The van der Waals surface area contributed by atoms with Crippen LogP contribution in [0.2, 0.25) is 0 Å². The second kappa shape index (κ2) is 5.77. The van der Waals surface area contributed by atoms with Gasteiger partial charge >= 0.3 is 0 Å². The van der Waals surface area contributed by atoms with Crippen molar-refractivity contribution in [2.75, 3.05) is 6.54 Å². The molecule has 0 atom stereocenters. The van der Waals surface area contributed by atoms with Gasteiger partial charge in [-0.05, 0) is 28.1 Å². The van der Waals surface area contributed by atoms with Crippen molar-refractivity contribution in [3.05, 3.63) is 46.5 Å². The summed E-state index contributed by atoms with van der Waals surface area (Å²) >= 11 is 3.35. The van der Waals surface area contributed by atoms with Crippen LogP contribution in [0.25, 0.3) is 0 Å². The first-order chi connectivity index (χ1) is 8.68. The summed E-state index contributed by atoms with van der Waals surface area (Å²) in [5, 5.41) is 10.6. The average Bonchev–Trinajstić information content (AvgIpc) is 2.75. The van der Waals surface area contributed by atoms with Gasteiger partial charge in [0.15, 0.2) is 0 Å². The predicted octanol–water partition coefficient (Wildman–Crippen LogP) is 1.55. The van der Waals surface area contributed by atoms with Crippen molar-refractivity contribution in [3.63, 3.8) is 0 Å². The van der Waals surface area contributed by atoms with Gasteiger partial charge < -0.3 is 9.88 Å². The van der Waals surface area contributed by atoms with Crippen LogP contribution in [-0.2, 0) is 13.5 Å². The summed E-state index contributed by atoms with van der Waals surface area (Å²) < 4.78 is 2.63. The van der Waals surface area contributed by atoms with Crippen molar-refractivity contribution < 1.29 is 4.79 Å². The monoisotopic (exact) mass is 308 g/mol. The summed E-state index contributed by atoms with van der Waals surface area (Å²) in [7, 11) is 1.88. The predicted molar refractivity (Wildman–Crippen MR) is 71.2 cm³/mol. The number of halogens is 1. The van der Waals surface area contributed by atoms with E-state index in [1.807, 2.05) is 29.8 Å². The molecule has 0 aliphatic heterocycles. The maximum absolute atomic E-state index is 11.9. The highest BCUT2D eigenvalue weighted by molar-refractivity contribution is 9.10. The fourth-order valence-electron chi connectivity index (χ4n) is 1.56. The second-order valence-electron chi connectivity index (χ2n) is 3.84. The number of carbonyl (C=O) groups is 1. The molecule has 0 unspecified atom stereocenters. The molecule has 1 N–H and O–H groups in total. The molecule has 6 heteroatoms. The van der Waals surface area contributed by atoms with Crippen LogP contribution in [0, 0.1) is 0 Å². The molecular weight excluding hydrogens is 296 g/mol. The van der Waals surface area contributed by atoms with Gasteiger partial charge in [0.1, 0.15) is 12.2 Å². The molecule has 1 aromatic carbocycles. The standard InChI is InChI=1S/C12H13BrN4O/c1-17-8-15-16-11(17)6-7-14-12(18)9-4-2-3-5-10(9)13/h2-5,8H,6-7H2,1H3,(H,14,18). The molecule has 0 bridgehead atoms. The molecule has 1 aromatic heterocycles. The third kappa shape index (κ3) is 2.95. The summed E-state index contributed by atoms with van der Waals surface area (Å²) in [6, 6.07) is 7.34. The largest absolute Gasteiger partial charge is 0.352 e. The van der Waals surface area contributed by atoms with Gasteiger partial charge in [0.05, 0.1) is 5.56 Å². The number of nitrogens with one attached hydrogen (secondary N) is 1. The summed E-state index contributed by atoms with van der Waals surface area (Å²) in [5.74, 6) is 0.757. The molecule has 1 heterocycles. The van der Waals surface area contributed by atoms with Crippen LogP contribution in [0.15, 0.2) is 35.1 Å². The van der Waals surface area contributed by atoms with Crippen LogP contribution in [-0.4, -0.2) is 27.2 Å². The summed E-state index contributed by atoms with van der Waals surface area (Å²) in [6.07, 6.45) is 2.30. The van der Waals surface area contributed by atoms with Crippen LogP contribution < -0.4 is 5.32 Å². The number of aromatic nitrogens is 3. The van der Waals surface area contributed by atoms with Gasteiger partial charge in [-0.2, -0.15) is 0 Å². The Morgan fingerprint density at radius 1 is 1.44 bits per heavy atom. The zero-order valence-electron chi connectivity index (χ0n) is 9.93. The molecular formula is C12H13BrN4O. The van der Waals surface area contributed by atoms with Crippen molar-refractivity contribution in [1.29, 1.82) is 0 Å². The minimum Gasteiger partial charge on any atom is -0.352 e. The molecule has 0 spiro atoms. The third-order valence-electron chi connectivity index (χ3n) is 2.56. The number of hydrogen-bond donors (Lipinski definition) is 1. The smallest absolute Gasteiger partial charge is 0.252 e. The first-order valence-electron chi connectivity index (χ1n) is 5.54. The Labute approximate surface area is 113 Å². The Morgan fingerprint density at radius 2 is 2.22 bits per heavy atom. The molecule has 2 rings (SSSR count). The Kier molecular flexibility index (Phi) is 4.09. The Morgan fingerprint density at radius 3 is 2.89 bits per heavy atom. The molecule has 1 amide bonds. The third-order valence-corrected chi connectivity index (χ3v) is 3.25. The number of rotatable bonds is 4. The van der Waals surface area contributed by atoms with Crippen LogP contribution in [0.3, 0.4) is 0 Å². The number of nitrogens with zero attached hydrogens (tertiary/aromatic N) is 3. The van der Waals surface area contributed by atoms with E-state index >= 15 is 0 Å². The van der Waals surface area contributed by atoms with Crippen molar-refractivity contribution in [2.24, 2.45) is 7.05 Å². The van der Waals surface area contributed by atoms with Gasteiger partial charge in [-0.3, -0.25) is 4.79 Å². The number of hydrogen-bond acceptors (Lipinski definition) is 3. The first kappa shape index (κ1) is 12.8. The van der Waals surface area contributed by atoms with Crippen LogP contribution in [0.5, 0.6) is 0 Å². The van der Waals surface area contributed by atoms with Crippen molar-refractivity contribution >= 4 is 21.8 Å². The lowest BCUT2D eigenvalue weighted by Gasteiger charge is -2.06. The molecule has 94 valence electrons. The van der Waals surface area contributed by atoms with Crippen LogP contribution in [0.4, 0.5) is 0 Å². The van der Waals surface area contributed by atoms with E-state index in [4.69, 9.17) is 0 Å². The molecule has 0 radical (unpaired) electrons. The Hall–Kier alpha value is -1.69. The second-order valence-corrected chi connectivity index (χ2v) is 4.70. The zero-order valence-corrected chi connectivity index (χ0v) is 11.5. The highest BCUT2D eigenvalue weighted by Gasteiger charge is 2.08.